The predicted molar refractivity (Wildman–Crippen MR) is 100 cm³/mol. The Morgan fingerprint density at radius 3 is 2.70 bits per heavy atom. The average molecular weight is 383 g/mol. The number of benzene rings is 2. The Labute approximate surface area is 160 Å². The van der Waals surface area contributed by atoms with Crippen LogP contribution in [0, 0.1) is 11.3 Å². The Balaban J connectivity index is 1.70. The van der Waals surface area contributed by atoms with Crippen LogP contribution in [-0.2, 0) is 0 Å². The van der Waals surface area contributed by atoms with Crippen LogP contribution in [0.5, 0.6) is 5.75 Å². The molecule has 3 rings (SSSR count). The number of ketones is 1. The number of nitriles is 1. The lowest BCUT2D eigenvalue weighted by molar-refractivity contribution is 0.0960. The van der Waals surface area contributed by atoms with Crippen LogP contribution in [0.3, 0.4) is 0 Å². The first-order chi connectivity index (χ1) is 13.1. The molecule has 0 saturated carbocycles. The van der Waals surface area contributed by atoms with Crippen molar-refractivity contribution < 1.29 is 14.1 Å². The van der Waals surface area contributed by atoms with Gasteiger partial charge >= 0.3 is 0 Å². The van der Waals surface area contributed by atoms with Gasteiger partial charge in [0, 0.05) is 16.7 Å². The summed E-state index contributed by atoms with van der Waals surface area (Å²) in [4.78, 5) is 12.5. The maximum Gasteiger partial charge on any atom is 0.217 e. The van der Waals surface area contributed by atoms with E-state index in [1.54, 1.807) is 55.6 Å². The van der Waals surface area contributed by atoms with E-state index in [0.717, 1.165) is 5.56 Å². The van der Waals surface area contributed by atoms with Crippen molar-refractivity contribution >= 4 is 23.1 Å². The summed E-state index contributed by atoms with van der Waals surface area (Å²) in [7, 11) is 1.58. The summed E-state index contributed by atoms with van der Waals surface area (Å²) in [6, 6.07) is 16.2. The van der Waals surface area contributed by atoms with Crippen LogP contribution in [-0.4, -0.2) is 24.1 Å². The van der Waals surface area contributed by atoms with E-state index in [2.05, 4.69) is 16.0 Å². The minimum Gasteiger partial charge on any atom is -0.497 e. The fraction of sp³-hybridized carbons (Fsp3) is 0.105. The number of hydrogen-bond donors (Lipinski definition) is 2. The maximum absolute atomic E-state index is 12.5. The molecular formula is C19H15ClN4O3. The summed E-state index contributed by atoms with van der Waals surface area (Å²) >= 11 is 5.90. The normalized spacial score (nSPS) is 11.4. The van der Waals surface area contributed by atoms with Gasteiger partial charge in [-0.05, 0) is 42.5 Å². The first kappa shape index (κ1) is 18.5. The second-order valence-electron chi connectivity index (χ2n) is 5.51. The second kappa shape index (κ2) is 8.36. The zero-order valence-corrected chi connectivity index (χ0v) is 15.0. The number of Topliss-reactive ketones (excluding diaryl/α,β-unsaturated/α-hetero) is 1. The minimum atomic E-state index is -1.15. The van der Waals surface area contributed by atoms with Gasteiger partial charge in [0.1, 0.15) is 5.75 Å². The number of nitrogens with one attached hydrogen (secondary N) is 2. The van der Waals surface area contributed by atoms with E-state index in [0.29, 0.717) is 22.2 Å². The topological polar surface area (TPSA) is 100 Å². The van der Waals surface area contributed by atoms with Gasteiger partial charge in [0.25, 0.3) is 0 Å². The molecular weight excluding hydrogens is 368 g/mol. The number of aromatic nitrogens is 1. The van der Waals surface area contributed by atoms with Crippen molar-refractivity contribution in [2.45, 2.75) is 6.04 Å². The van der Waals surface area contributed by atoms with Crippen molar-refractivity contribution in [1.29, 1.82) is 5.26 Å². The molecule has 0 aliphatic carbocycles. The van der Waals surface area contributed by atoms with Crippen LogP contribution in [0.4, 0.5) is 5.69 Å². The van der Waals surface area contributed by atoms with Gasteiger partial charge in [-0.1, -0.05) is 22.8 Å². The van der Waals surface area contributed by atoms with Crippen LogP contribution in [0.1, 0.15) is 10.5 Å². The molecule has 1 aromatic heterocycles. The molecule has 2 N–H and O–H groups in total. The van der Waals surface area contributed by atoms with E-state index in [1.165, 1.54) is 6.07 Å². The Bertz CT molecular complexity index is 979. The van der Waals surface area contributed by atoms with Gasteiger partial charge in [-0.2, -0.15) is 5.26 Å². The highest BCUT2D eigenvalue weighted by Crippen LogP contribution is 2.23. The Morgan fingerprint density at radius 2 is 2.04 bits per heavy atom. The van der Waals surface area contributed by atoms with Gasteiger partial charge in [-0.15, -0.1) is 0 Å². The molecule has 1 atom stereocenters. The first-order valence-electron chi connectivity index (χ1n) is 7.93. The lowest BCUT2D eigenvalue weighted by atomic mass is 10.1. The molecule has 0 amide bonds. The molecule has 0 radical (unpaired) electrons. The highest BCUT2D eigenvalue weighted by atomic mass is 35.5. The van der Waals surface area contributed by atoms with E-state index in [1.807, 2.05) is 6.07 Å². The monoisotopic (exact) mass is 382 g/mol. The number of nitrogens with zero attached hydrogens (tertiary/aromatic N) is 2. The Morgan fingerprint density at radius 1 is 1.26 bits per heavy atom. The van der Waals surface area contributed by atoms with E-state index in [-0.39, 0.29) is 5.69 Å². The van der Waals surface area contributed by atoms with Gasteiger partial charge in [0.15, 0.2) is 17.5 Å². The molecule has 0 fully saturated rings. The molecule has 7 nitrogen and oxygen atoms in total. The molecule has 1 heterocycles. The van der Waals surface area contributed by atoms with Crippen LogP contribution >= 0.6 is 11.6 Å². The van der Waals surface area contributed by atoms with Gasteiger partial charge in [0.05, 0.1) is 18.9 Å². The third kappa shape index (κ3) is 4.44. The van der Waals surface area contributed by atoms with Crippen molar-refractivity contribution in [2.75, 3.05) is 12.5 Å². The van der Waals surface area contributed by atoms with E-state index < -0.39 is 11.8 Å². The van der Waals surface area contributed by atoms with E-state index >= 15 is 0 Å². The summed E-state index contributed by atoms with van der Waals surface area (Å²) in [6.45, 7) is 0. The molecule has 3 aromatic rings. The summed E-state index contributed by atoms with van der Waals surface area (Å²) in [5, 5.41) is 13.6. The number of carbonyl (C=O) groups excluding carboxylic acids is 1. The van der Waals surface area contributed by atoms with Crippen molar-refractivity contribution in [3.63, 3.8) is 0 Å². The number of ether oxygens (including phenoxy) is 1. The lowest BCUT2D eigenvalue weighted by Crippen LogP contribution is -2.39. The molecule has 0 saturated heterocycles. The molecule has 2 aromatic carbocycles. The molecule has 0 spiro atoms. The van der Waals surface area contributed by atoms with E-state index in [9.17, 15) is 10.1 Å². The standard InChI is InChI=1S/C19H15ClN4O3/c1-26-15-7-5-12(6-8-15)18-10-16(24-27-18)19(25)17(11-21)23-22-14-4-2-3-13(20)9-14/h2-10,17,22-23H,1H3. The Hall–Kier alpha value is -3.34. The predicted octanol–water partition coefficient (Wildman–Crippen LogP) is 3.70. The number of anilines is 1. The van der Waals surface area contributed by atoms with Crippen LogP contribution in [0.2, 0.25) is 5.02 Å². The molecule has 27 heavy (non-hydrogen) atoms. The number of rotatable bonds is 7. The largest absolute Gasteiger partial charge is 0.497 e. The number of halogens is 1. The summed E-state index contributed by atoms with van der Waals surface area (Å²) < 4.78 is 10.3. The third-order valence-electron chi connectivity index (χ3n) is 3.71. The molecule has 0 aliphatic rings. The zero-order chi connectivity index (χ0) is 19.2. The highest BCUT2D eigenvalue weighted by Gasteiger charge is 2.23. The zero-order valence-electron chi connectivity index (χ0n) is 14.3. The van der Waals surface area contributed by atoms with Crippen LogP contribution in [0.25, 0.3) is 11.3 Å². The van der Waals surface area contributed by atoms with Crippen molar-refractivity contribution in [3.05, 3.63) is 65.3 Å². The van der Waals surface area contributed by atoms with Gasteiger partial charge in [0.2, 0.25) is 5.78 Å². The van der Waals surface area contributed by atoms with Crippen molar-refractivity contribution in [1.82, 2.24) is 10.6 Å². The fourth-order valence-electron chi connectivity index (χ4n) is 2.31. The van der Waals surface area contributed by atoms with Gasteiger partial charge in [-0.3, -0.25) is 4.79 Å². The maximum atomic E-state index is 12.5. The third-order valence-corrected chi connectivity index (χ3v) is 3.95. The average Bonchev–Trinajstić information content (AvgIpc) is 3.18. The molecule has 0 aliphatic heterocycles. The molecule has 1 unspecified atom stereocenters. The SMILES string of the molecule is COc1ccc(-c2cc(C(=O)C(C#N)NNc3cccc(Cl)c3)no2)cc1. The minimum absolute atomic E-state index is 0.0489. The van der Waals surface area contributed by atoms with Crippen molar-refractivity contribution in [2.24, 2.45) is 0 Å². The smallest absolute Gasteiger partial charge is 0.217 e. The van der Waals surface area contributed by atoms with Crippen molar-refractivity contribution in [3.8, 4) is 23.1 Å². The summed E-state index contributed by atoms with van der Waals surface area (Å²) in [6.07, 6.45) is 0. The quantitative estimate of drug-likeness (QED) is 0.474. The summed E-state index contributed by atoms with van der Waals surface area (Å²) in [5.41, 5.74) is 6.85. The number of carbonyl (C=O) groups is 1. The van der Waals surface area contributed by atoms with Crippen LogP contribution in [0.15, 0.2) is 59.1 Å². The van der Waals surface area contributed by atoms with Crippen LogP contribution < -0.4 is 15.6 Å². The Kier molecular flexibility index (Phi) is 5.71. The summed E-state index contributed by atoms with van der Waals surface area (Å²) in [5.74, 6) is 0.603. The number of hydrazine groups is 1. The highest BCUT2D eigenvalue weighted by molar-refractivity contribution is 6.30. The fourth-order valence-corrected chi connectivity index (χ4v) is 2.50. The second-order valence-corrected chi connectivity index (χ2v) is 5.95. The van der Waals surface area contributed by atoms with Gasteiger partial charge in [-0.25, -0.2) is 5.43 Å². The first-order valence-corrected chi connectivity index (χ1v) is 8.30. The lowest BCUT2D eigenvalue weighted by Gasteiger charge is -2.11. The molecule has 0 bridgehead atoms. The van der Waals surface area contributed by atoms with E-state index in [4.69, 9.17) is 20.9 Å². The number of hydrogen-bond acceptors (Lipinski definition) is 7. The molecule has 8 heteroatoms. The molecule has 136 valence electrons. The van der Waals surface area contributed by atoms with Gasteiger partial charge < -0.3 is 14.7 Å². The number of methoxy groups -OCH3 is 1.